The lowest BCUT2D eigenvalue weighted by Gasteiger charge is -2.16. The van der Waals surface area contributed by atoms with Crippen molar-refractivity contribution in [3.05, 3.63) is 65.6 Å². The van der Waals surface area contributed by atoms with Crippen LogP contribution in [0.4, 0.5) is 0 Å². The molecule has 0 radical (unpaired) electrons. The molecule has 120 valence electrons. The summed E-state index contributed by atoms with van der Waals surface area (Å²) in [5.74, 6) is 0.535. The van der Waals surface area contributed by atoms with Gasteiger partial charge >= 0.3 is 5.70 Å². The molecule has 0 unspecified atom stereocenters. The van der Waals surface area contributed by atoms with E-state index in [1.54, 1.807) is 18.3 Å². The van der Waals surface area contributed by atoms with Crippen LogP contribution in [0.1, 0.15) is 9.75 Å². The largest absolute Gasteiger partial charge is 0.364 e. The smallest absolute Gasteiger partial charge is 0.309 e. The number of nitrogens with one attached hydrogen (secondary N) is 1. The second-order valence-electron chi connectivity index (χ2n) is 4.77. The van der Waals surface area contributed by atoms with Crippen molar-refractivity contribution in [1.29, 1.82) is 0 Å². The minimum atomic E-state index is -0.357. The normalized spacial score (nSPS) is 16.8. The van der Waals surface area contributed by atoms with Crippen molar-refractivity contribution in [1.82, 2.24) is 15.2 Å². The predicted octanol–water partition coefficient (Wildman–Crippen LogP) is 3.42. The lowest BCUT2D eigenvalue weighted by molar-refractivity contribution is -0.421. The molecule has 6 nitrogen and oxygen atoms in total. The molecule has 0 amide bonds. The molecular formula is C14H13ClN4O2S2. The molecule has 9 heteroatoms. The average molecular weight is 369 g/mol. The van der Waals surface area contributed by atoms with Gasteiger partial charge in [-0.15, -0.1) is 22.7 Å². The van der Waals surface area contributed by atoms with Crippen molar-refractivity contribution < 1.29 is 4.92 Å². The lowest BCUT2D eigenvalue weighted by Crippen LogP contribution is -2.22. The molecule has 2 aromatic heterocycles. The summed E-state index contributed by atoms with van der Waals surface area (Å²) in [4.78, 5) is 19.0. The third kappa shape index (κ3) is 3.90. The first kappa shape index (κ1) is 16.0. The maximum atomic E-state index is 11.5. The number of thiophene rings is 1. The fourth-order valence-electron chi connectivity index (χ4n) is 2.26. The quantitative estimate of drug-likeness (QED) is 0.646. The van der Waals surface area contributed by atoms with E-state index in [2.05, 4.69) is 10.3 Å². The van der Waals surface area contributed by atoms with E-state index in [-0.39, 0.29) is 10.6 Å². The van der Waals surface area contributed by atoms with Gasteiger partial charge in [-0.2, -0.15) is 0 Å². The van der Waals surface area contributed by atoms with Gasteiger partial charge in [0.2, 0.25) is 0 Å². The summed E-state index contributed by atoms with van der Waals surface area (Å²) in [6, 6.07) is 3.83. The summed E-state index contributed by atoms with van der Waals surface area (Å²) < 4.78 is 0.477. The van der Waals surface area contributed by atoms with Gasteiger partial charge in [-0.3, -0.25) is 10.1 Å². The molecule has 0 bridgehead atoms. The van der Waals surface area contributed by atoms with E-state index in [1.165, 1.54) is 22.7 Å². The summed E-state index contributed by atoms with van der Waals surface area (Å²) in [6.07, 6.45) is 5.01. The molecule has 1 N–H and O–H groups in total. The highest BCUT2D eigenvalue weighted by Crippen LogP contribution is 2.23. The van der Waals surface area contributed by atoms with Crippen LogP contribution in [0.3, 0.4) is 0 Å². The standard InChI is InChI=1S/C14H13ClN4O2S2/c15-14-17-8-11(23-14)9-18-6-5-16-13(18)12(19(20)21)4-3-10-2-1-7-22-10/h1-4,7-8,16H,5-6,9H2/b4-3+,13-12+. The lowest BCUT2D eigenvalue weighted by atomic mass is 10.3. The van der Waals surface area contributed by atoms with Crippen LogP contribution in [0.25, 0.3) is 6.08 Å². The second kappa shape index (κ2) is 7.12. The van der Waals surface area contributed by atoms with Crippen LogP contribution < -0.4 is 5.32 Å². The van der Waals surface area contributed by atoms with Crippen molar-refractivity contribution in [3.63, 3.8) is 0 Å². The molecular weight excluding hydrogens is 356 g/mol. The Labute approximate surface area is 145 Å². The zero-order valence-electron chi connectivity index (χ0n) is 11.9. The third-order valence-corrected chi connectivity index (χ3v) is 5.19. The number of rotatable bonds is 5. The average Bonchev–Trinajstić information content (AvgIpc) is 3.23. The first-order valence-corrected chi connectivity index (χ1v) is 8.90. The number of halogens is 1. The summed E-state index contributed by atoms with van der Waals surface area (Å²) in [5.41, 5.74) is 0.0616. The van der Waals surface area contributed by atoms with Gasteiger partial charge in [0.05, 0.1) is 11.5 Å². The second-order valence-corrected chi connectivity index (χ2v) is 7.44. The van der Waals surface area contributed by atoms with E-state index in [0.717, 1.165) is 9.75 Å². The fourth-order valence-corrected chi connectivity index (χ4v) is 3.87. The Morgan fingerprint density at radius 1 is 1.61 bits per heavy atom. The molecule has 1 aliphatic rings. The van der Waals surface area contributed by atoms with E-state index in [0.29, 0.717) is 29.9 Å². The number of hydrogen-bond donors (Lipinski definition) is 1. The van der Waals surface area contributed by atoms with Crippen molar-refractivity contribution in [2.45, 2.75) is 6.54 Å². The number of allylic oxidation sites excluding steroid dienone is 1. The Morgan fingerprint density at radius 3 is 3.13 bits per heavy atom. The van der Waals surface area contributed by atoms with Crippen LogP contribution in [0.15, 0.2) is 41.3 Å². The minimum Gasteiger partial charge on any atom is -0.364 e. The van der Waals surface area contributed by atoms with E-state index >= 15 is 0 Å². The molecule has 3 heterocycles. The highest BCUT2D eigenvalue weighted by atomic mass is 35.5. The first-order valence-electron chi connectivity index (χ1n) is 6.83. The van der Waals surface area contributed by atoms with Gasteiger partial charge in [0.25, 0.3) is 0 Å². The Balaban J connectivity index is 1.85. The van der Waals surface area contributed by atoms with E-state index in [1.807, 2.05) is 22.4 Å². The van der Waals surface area contributed by atoms with Crippen LogP contribution in [0.5, 0.6) is 0 Å². The summed E-state index contributed by atoms with van der Waals surface area (Å²) >= 11 is 8.77. The molecule has 0 aromatic carbocycles. The van der Waals surface area contributed by atoms with Gasteiger partial charge in [0.1, 0.15) is 0 Å². The van der Waals surface area contributed by atoms with Crippen LogP contribution in [-0.4, -0.2) is 27.9 Å². The maximum Gasteiger partial charge on any atom is 0.309 e. The third-order valence-electron chi connectivity index (χ3n) is 3.25. The first-order chi connectivity index (χ1) is 11.1. The number of nitrogens with zero attached hydrogens (tertiary/aromatic N) is 3. The number of hydrogen-bond acceptors (Lipinski definition) is 7. The van der Waals surface area contributed by atoms with Crippen molar-refractivity contribution >= 4 is 40.4 Å². The molecule has 2 aromatic rings. The molecule has 0 aliphatic carbocycles. The van der Waals surface area contributed by atoms with Crippen molar-refractivity contribution in [2.24, 2.45) is 0 Å². The van der Waals surface area contributed by atoms with Gasteiger partial charge < -0.3 is 10.2 Å². The molecule has 0 saturated carbocycles. The SMILES string of the molecule is O=[N+]([O-])C(/C=C/c1cccs1)=C1\NCCN1Cc1cnc(Cl)s1. The topological polar surface area (TPSA) is 71.3 Å². The van der Waals surface area contributed by atoms with Gasteiger partial charge in [-0.25, -0.2) is 4.98 Å². The molecule has 1 aliphatic heterocycles. The van der Waals surface area contributed by atoms with Crippen LogP contribution in [0, 0.1) is 10.1 Å². The number of thiazole rings is 1. The van der Waals surface area contributed by atoms with Gasteiger partial charge in [0.15, 0.2) is 10.3 Å². The van der Waals surface area contributed by atoms with Gasteiger partial charge in [0, 0.05) is 35.1 Å². The zero-order valence-corrected chi connectivity index (χ0v) is 14.3. The molecule has 23 heavy (non-hydrogen) atoms. The molecule has 0 atom stereocenters. The van der Waals surface area contributed by atoms with E-state index in [9.17, 15) is 10.1 Å². The Hall–Kier alpha value is -1.90. The number of aromatic nitrogens is 1. The molecule has 1 fully saturated rings. The van der Waals surface area contributed by atoms with Gasteiger partial charge in [-0.1, -0.05) is 17.7 Å². The predicted molar refractivity (Wildman–Crippen MR) is 92.9 cm³/mol. The molecule has 3 rings (SSSR count). The molecule has 0 spiro atoms. The Bertz CT molecular complexity index is 755. The van der Waals surface area contributed by atoms with Crippen LogP contribution in [0.2, 0.25) is 4.47 Å². The van der Waals surface area contributed by atoms with E-state index in [4.69, 9.17) is 11.6 Å². The summed E-state index contributed by atoms with van der Waals surface area (Å²) in [5, 5.41) is 16.5. The summed E-state index contributed by atoms with van der Waals surface area (Å²) in [6.45, 7) is 1.93. The monoisotopic (exact) mass is 368 g/mol. The Kier molecular flexibility index (Phi) is 4.94. The summed E-state index contributed by atoms with van der Waals surface area (Å²) in [7, 11) is 0. The maximum absolute atomic E-state index is 11.5. The van der Waals surface area contributed by atoms with Crippen molar-refractivity contribution in [2.75, 3.05) is 13.1 Å². The van der Waals surface area contributed by atoms with Gasteiger partial charge in [-0.05, 0) is 17.5 Å². The van der Waals surface area contributed by atoms with Crippen LogP contribution in [-0.2, 0) is 6.54 Å². The fraction of sp³-hybridized carbons (Fsp3) is 0.214. The van der Waals surface area contributed by atoms with Crippen LogP contribution >= 0.6 is 34.3 Å². The highest BCUT2D eigenvalue weighted by molar-refractivity contribution is 7.15. The Morgan fingerprint density at radius 2 is 2.48 bits per heavy atom. The van der Waals surface area contributed by atoms with Crippen molar-refractivity contribution in [3.8, 4) is 0 Å². The zero-order chi connectivity index (χ0) is 16.2. The molecule has 1 saturated heterocycles. The number of nitro groups is 1. The van der Waals surface area contributed by atoms with E-state index < -0.39 is 0 Å². The highest BCUT2D eigenvalue weighted by Gasteiger charge is 2.26. The minimum absolute atomic E-state index is 0.0616.